The third kappa shape index (κ3) is 2.34. The van der Waals surface area contributed by atoms with Crippen LogP contribution in [-0.2, 0) is 6.42 Å². The molecule has 14 heavy (non-hydrogen) atoms. The van der Waals surface area contributed by atoms with Crippen LogP contribution < -0.4 is 11.1 Å². The first-order chi connectivity index (χ1) is 6.79. The van der Waals surface area contributed by atoms with E-state index in [-0.39, 0.29) is 5.54 Å². The van der Waals surface area contributed by atoms with E-state index in [1.54, 1.807) is 0 Å². The van der Waals surface area contributed by atoms with Gasteiger partial charge in [0.15, 0.2) is 0 Å². The summed E-state index contributed by atoms with van der Waals surface area (Å²) in [6.45, 7) is 2.12. The zero-order valence-electron chi connectivity index (χ0n) is 8.50. The van der Waals surface area contributed by atoms with Gasteiger partial charge in [-0.05, 0) is 37.9 Å². The number of hydrogen-bond acceptors (Lipinski definition) is 2. The summed E-state index contributed by atoms with van der Waals surface area (Å²) in [5.74, 6) is 0. The van der Waals surface area contributed by atoms with Gasteiger partial charge in [-0.3, -0.25) is 0 Å². The summed E-state index contributed by atoms with van der Waals surface area (Å²) in [5, 5.41) is 3.35. The van der Waals surface area contributed by atoms with Gasteiger partial charge in [-0.25, -0.2) is 0 Å². The molecule has 2 nitrogen and oxygen atoms in total. The normalized spacial score (nSPS) is 20.6. The van der Waals surface area contributed by atoms with Gasteiger partial charge in [0.1, 0.15) is 0 Å². The summed E-state index contributed by atoms with van der Waals surface area (Å²) in [6, 6.07) is 10.5. The SMILES string of the molecule is NC1(Cc2ccccc2)CCNCC1. The van der Waals surface area contributed by atoms with E-state index in [0.29, 0.717) is 0 Å². The molecule has 2 heteroatoms. The Labute approximate surface area is 85.5 Å². The molecule has 1 saturated heterocycles. The number of rotatable bonds is 2. The van der Waals surface area contributed by atoms with Crippen molar-refractivity contribution in [3.05, 3.63) is 35.9 Å². The first kappa shape index (κ1) is 9.69. The quantitative estimate of drug-likeness (QED) is 0.738. The molecule has 1 aromatic rings. The highest BCUT2D eigenvalue weighted by molar-refractivity contribution is 5.18. The molecule has 2 rings (SSSR count). The molecule has 1 fully saturated rings. The Morgan fingerprint density at radius 2 is 1.79 bits per heavy atom. The minimum absolute atomic E-state index is 0.0204. The van der Waals surface area contributed by atoms with Crippen LogP contribution in [-0.4, -0.2) is 18.6 Å². The van der Waals surface area contributed by atoms with Gasteiger partial charge in [-0.15, -0.1) is 0 Å². The van der Waals surface area contributed by atoms with Crippen molar-refractivity contribution >= 4 is 0 Å². The monoisotopic (exact) mass is 190 g/mol. The molecule has 1 aromatic carbocycles. The summed E-state index contributed by atoms with van der Waals surface area (Å²) in [4.78, 5) is 0. The van der Waals surface area contributed by atoms with Gasteiger partial charge < -0.3 is 11.1 Å². The smallest absolute Gasteiger partial charge is 0.0219 e. The number of piperidine rings is 1. The van der Waals surface area contributed by atoms with Crippen molar-refractivity contribution in [2.45, 2.75) is 24.8 Å². The maximum absolute atomic E-state index is 6.35. The highest BCUT2D eigenvalue weighted by atomic mass is 14.9. The number of nitrogens with two attached hydrogens (primary N) is 1. The van der Waals surface area contributed by atoms with E-state index in [2.05, 4.69) is 35.6 Å². The fourth-order valence-corrected chi connectivity index (χ4v) is 2.10. The molecule has 0 saturated carbocycles. The lowest BCUT2D eigenvalue weighted by Gasteiger charge is -2.34. The van der Waals surface area contributed by atoms with Crippen LogP contribution in [0.2, 0.25) is 0 Å². The third-order valence-electron chi connectivity index (χ3n) is 3.00. The molecule has 1 heterocycles. The largest absolute Gasteiger partial charge is 0.325 e. The van der Waals surface area contributed by atoms with E-state index in [4.69, 9.17) is 5.73 Å². The Hall–Kier alpha value is -0.860. The van der Waals surface area contributed by atoms with Crippen LogP contribution >= 0.6 is 0 Å². The Morgan fingerprint density at radius 1 is 1.14 bits per heavy atom. The van der Waals surface area contributed by atoms with E-state index in [1.807, 2.05) is 0 Å². The molecule has 0 radical (unpaired) electrons. The standard InChI is InChI=1S/C12H18N2/c13-12(6-8-14-9-7-12)10-11-4-2-1-3-5-11/h1-5,14H,6-10,13H2. The zero-order chi connectivity index (χ0) is 9.86. The summed E-state index contributed by atoms with van der Waals surface area (Å²) in [7, 11) is 0. The molecular formula is C12H18N2. The van der Waals surface area contributed by atoms with Crippen molar-refractivity contribution in [2.75, 3.05) is 13.1 Å². The van der Waals surface area contributed by atoms with Crippen LogP contribution in [0.3, 0.4) is 0 Å². The summed E-state index contributed by atoms with van der Waals surface area (Å²) in [6.07, 6.45) is 3.18. The first-order valence-electron chi connectivity index (χ1n) is 5.32. The number of hydrogen-bond donors (Lipinski definition) is 2. The fourth-order valence-electron chi connectivity index (χ4n) is 2.10. The van der Waals surface area contributed by atoms with Crippen molar-refractivity contribution in [3.63, 3.8) is 0 Å². The van der Waals surface area contributed by atoms with Crippen molar-refractivity contribution in [2.24, 2.45) is 5.73 Å². The maximum atomic E-state index is 6.35. The molecule has 0 aliphatic carbocycles. The van der Waals surface area contributed by atoms with E-state index >= 15 is 0 Å². The third-order valence-corrected chi connectivity index (χ3v) is 3.00. The number of nitrogens with one attached hydrogen (secondary N) is 1. The zero-order valence-corrected chi connectivity index (χ0v) is 8.50. The Morgan fingerprint density at radius 3 is 2.43 bits per heavy atom. The summed E-state index contributed by atoms with van der Waals surface area (Å²) >= 11 is 0. The average molecular weight is 190 g/mol. The average Bonchev–Trinajstić information content (AvgIpc) is 2.19. The van der Waals surface area contributed by atoms with Crippen LogP contribution in [0.25, 0.3) is 0 Å². The fraction of sp³-hybridized carbons (Fsp3) is 0.500. The summed E-state index contributed by atoms with van der Waals surface area (Å²) < 4.78 is 0. The van der Waals surface area contributed by atoms with Crippen molar-refractivity contribution in [1.82, 2.24) is 5.32 Å². The van der Waals surface area contributed by atoms with Crippen molar-refractivity contribution < 1.29 is 0 Å². The lowest BCUT2D eigenvalue weighted by molar-refractivity contribution is 0.308. The molecule has 0 bridgehead atoms. The molecule has 1 aliphatic rings. The van der Waals surface area contributed by atoms with E-state index < -0.39 is 0 Å². The Bertz CT molecular complexity index is 276. The van der Waals surface area contributed by atoms with Gasteiger partial charge in [-0.1, -0.05) is 30.3 Å². The van der Waals surface area contributed by atoms with Gasteiger partial charge in [0.25, 0.3) is 0 Å². The Kier molecular flexibility index (Phi) is 2.85. The topological polar surface area (TPSA) is 38.0 Å². The highest BCUT2D eigenvalue weighted by Gasteiger charge is 2.27. The van der Waals surface area contributed by atoms with Gasteiger partial charge >= 0.3 is 0 Å². The lowest BCUT2D eigenvalue weighted by Crippen LogP contribution is -2.50. The van der Waals surface area contributed by atoms with E-state index in [9.17, 15) is 0 Å². The van der Waals surface area contributed by atoms with Gasteiger partial charge in [0, 0.05) is 5.54 Å². The minimum Gasteiger partial charge on any atom is -0.325 e. The van der Waals surface area contributed by atoms with Gasteiger partial charge in [0.2, 0.25) is 0 Å². The second-order valence-electron chi connectivity index (χ2n) is 4.27. The molecule has 0 amide bonds. The predicted octanol–water partition coefficient (Wildman–Crippen LogP) is 1.31. The second kappa shape index (κ2) is 4.11. The molecule has 76 valence electrons. The second-order valence-corrected chi connectivity index (χ2v) is 4.27. The first-order valence-corrected chi connectivity index (χ1v) is 5.32. The lowest BCUT2D eigenvalue weighted by atomic mass is 9.83. The molecule has 0 aromatic heterocycles. The van der Waals surface area contributed by atoms with Crippen LogP contribution in [0.15, 0.2) is 30.3 Å². The Balaban J connectivity index is 2.02. The van der Waals surface area contributed by atoms with E-state index in [0.717, 1.165) is 32.4 Å². The molecule has 0 atom stereocenters. The molecule has 0 spiro atoms. The summed E-state index contributed by atoms with van der Waals surface area (Å²) in [5.41, 5.74) is 7.73. The van der Waals surface area contributed by atoms with Crippen molar-refractivity contribution in [1.29, 1.82) is 0 Å². The van der Waals surface area contributed by atoms with Gasteiger partial charge in [-0.2, -0.15) is 0 Å². The number of benzene rings is 1. The van der Waals surface area contributed by atoms with Gasteiger partial charge in [0.05, 0.1) is 0 Å². The van der Waals surface area contributed by atoms with E-state index in [1.165, 1.54) is 5.56 Å². The maximum Gasteiger partial charge on any atom is 0.0219 e. The highest BCUT2D eigenvalue weighted by Crippen LogP contribution is 2.20. The van der Waals surface area contributed by atoms with Crippen molar-refractivity contribution in [3.8, 4) is 0 Å². The minimum atomic E-state index is 0.0204. The van der Waals surface area contributed by atoms with Crippen LogP contribution in [0.5, 0.6) is 0 Å². The predicted molar refractivity (Wildman–Crippen MR) is 59.2 cm³/mol. The van der Waals surface area contributed by atoms with Crippen LogP contribution in [0.4, 0.5) is 0 Å². The van der Waals surface area contributed by atoms with Crippen LogP contribution in [0.1, 0.15) is 18.4 Å². The molecule has 1 aliphatic heterocycles. The molecular weight excluding hydrogens is 172 g/mol. The molecule has 3 N–H and O–H groups in total. The molecule has 0 unspecified atom stereocenters. The van der Waals surface area contributed by atoms with Crippen LogP contribution in [0, 0.1) is 0 Å².